The number of nitriles is 1. The van der Waals surface area contributed by atoms with Gasteiger partial charge in [-0.15, -0.1) is 6.58 Å². The smallest absolute Gasteiger partial charge is 0.313 e. The van der Waals surface area contributed by atoms with Crippen LogP contribution in [-0.2, 0) is 4.79 Å². The van der Waals surface area contributed by atoms with E-state index in [1.807, 2.05) is 6.07 Å². The Hall–Kier alpha value is -2.12. The third-order valence-corrected chi connectivity index (χ3v) is 2.26. The van der Waals surface area contributed by atoms with Gasteiger partial charge >= 0.3 is 5.97 Å². The lowest BCUT2D eigenvalue weighted by Gasteiger charge is -2.15. The fourth-order valence-corrected chi connectivity index (χ4v) is 1.33. The van der Waals surface area contributed by atoms with Crippen LogP contribution < -0.4 is 0 Å². The van der Waals surface area contributed by atoms with Gasteiger partial charge in [0.25, 0.3) is 0 Å². The molecule has 1 aromatic carbocycles. The summed E-state index contributed by atoms with van der Waals surface area (Å²) < 4.78 is 0. The molecule has 0 bridgehead atoms. The van der Waals surface area contributed by atoms with Crippen molar-refractivity contribution < 1.29 is 15.0 Å². The van der Waals surface area contributed by atoms with Crippen molar-refractivity contribution in [1.29, 1.82) is 5.26 Å². The summed E-state index contributed by atoms with van der Waals surface area (Å²) in [5.74, 6) is -2.18. The van der Waals surface area contributed by atoms with Crippen molar-refractivity contribution in [3.05, 3.63) is 48.0 Å². The van der Waals surface area contributed by atoms with Crippen LogP contribution >= 0.6 is 0 Å². The van der Waals surface area contributed by atoms with Crippen LogP contribution in [0.1, 0.15) is 17.2 Å². The second-order valence-corrected chi connectivity index (χ2v) is 3.28. The van der Waals surface area contributed by atoms with Gasteiger partial charge in [0, 0.05) is 0 Å². The lowest BCUT2D eigenvalue weighted by atomic mass is 9.95. The van der Waals surface area contributed by atoms with E-state index in [4.69, 9.17) is 10.4 Å². The summed E-state index contributed by atoms with van der Waals surface area (Å²) in [6.45, 7) is 3.37. The van der Waals surface area contributed by atoms with E-state index in [1.165, 1.54) is 30.3 Å². The number of benzene rings is 1. The summed E-state index contributed by atoms with van der Waals surface area (Å²) in [6, 6.07) is 8.06. The quantitative estimate of drug-likeness (QED) is 0.748. The number of hydrogen-bond donors (Lipinski definition) is 2. The maximum absolute atomic E-state index is 10.8. The minimum atomic E-state index is -1.15. The van der Waals surface area contributed by atoms with Gasteiger partial charge in [0.15, 0.2) is 0 Å². The van der Waals surface area contributed by atoms with Gasteiger partial charge < -0.3 is 10.2 Å². The summed E-state index contributed by atoms with van der Waals surface area (Å²) in [5.41, 5.74) is 0.910. The van der Waals surface area contributed by atoms with E-state index in [9.17, 15) is 9.90 Å². The predicted molar refractivity (Wildman–Crippen MR) is 57.4 cm³/mol. The van der Waals surface area contributed by atoms with Gasteiger partial charge in [-0.2, -0.15) is 5.26 Å². The number of carboxylic acid groups (broad SMARTS) is 1. The Labute approximate surface area is 93.1 Å². The van der Waals surface area contributed by atoms with E-state index in [0.29, 0.717) is 11.1 Å². The molecule has 0 aliphatic heterocycles. The molecule has 0 amide bonds. The van der Waals surface area contributed by atoms with Crippen molar-refractivity contribution in [2.45, 2.75) is 6.10 Å². The standard InChI is InChI=1S/C12H11NO3/c1-2-10(12(15)16)11(14)9-5-3-8(7-13)4-6-9/h2-6,10-11,14H,1H2,(H,15,16)/t10-,11+/m1/s1. The van der Waals surface area contributed by atoms with E-state index < -0.39 is 18.0 Å². The fraction of sp³-hybridized carbons (Fsp3) is 0.167. The van der Waals surface area contributed by atoms with Gasteiger partial charge in [-0.3, -0.25) is 4.79 Å². The van der Waals surface area contributed by atoms with Crippen molar-refractivity contribution >= 4 is 5.97 Å². The zero-order valence-corrected chi connectivity index (χ0v) is 8.50. The summed E-state index contributed by atoms with van der Waals surface area (Å²) in [6.07, 6.45) is 0.0355. The number of carbonyl (C=O) groups is 1. The molecule has 82 valence electrons. The van der Waals surface area contributed by atoms with Gasteiger partial charge in [0.05, 0.1) is 17.7 Å². The maximum Gasteiger partial charge on any atom is 0.313 e. The molecule has 0 aliphatic carbocycles. The topological polar surface area (TPSA) is 81.3 Å². The first-order valence-electron chi connectivity index (χ1n) is 4.63. The maximum atomic E-state index is 10.8. The van der Waals surface area contributed by atoms with Gasteiger partial charge in [0.2, 0.25) is 0 Å². The lowest BCUT2D eigenvalue weighted by Crippen LogP contribution is -2.19. The Balaban J connectivity index is 2.95. The van der Waals surface area contributed by atoms with Crippen LogP contribution in [0.2, 0.25) is 0 Å². The first kappa shape index (κ1) is 12.0. The Morgan fingerprint density at radius 2 is 2.00 bits per heavy atom. The largest absolute Gasteiger partial charge is 0.481 e. The summed E-state index contributed by atoms with van der Waals surface area (Å²) in [5, 5.41) is 27.2. The molecule has 0 aliphatic rings. The van der Waals surface area contributed by atoms with Crippen molar-refractivity contribution in [1.82, 2.24) is 0 Å². The second kappa shape index (κ2) is 5.10. The zero-order valence-electron chi connectivity index (χ0n) is 8.50. The highest BCUT2D eigenvalue weighted by molar-refractivity contribution is 5.73. The molecule has 4 nitrogen and oxygen atoms in total. The Bertz CT molecular complexity index is 431. The molecule has 0 saturated carbocycles. The van der Waals surface area contributed by atoms with E-state index in [0.717, 1.165) is 0 Å². The number of aliphatic carboxylic acids is 1. The minimum absolute atomic E-state index is 0.450. The molecule has 0 radical (unpaired) electrons. The normalized spacial score (nSPS) is 13.5. The summed E-state index contributed by atoms with van der Waals surface area (Å²) >= 11 is 0. The SMILES string of the molecule is C=C[C@@H](C(=O)O)[C@@H](O)c1ccc(C#N)cc1. The average Bonchev–Trinajstić information content (AvgIpc) is 2.29. The van der Waals surface area contributed by atoms with Crippen LogP contribution in [0.3, 0.4) is 0 Å². The molecule has 1 aromatic rings. The Morgan fingerprint density at radius 3 is 2.38 bits per heavy atom. The zero-order chi connectivity index (χ0) is 12.1. The number of hydrogen-bond acceptors (Lipinski definition) is 3. The van der Waals surface area contributed by atoms with Crippen LogP contribution in [0.5, 0.6) is 0 Å². The number of carboxylic acids is 1. The molecule has 4 heteroatoms. The molecule has 0 unspecified atom stereocenters. The number of nitrogens with zero attached hydrogens (tertiary/aromatic N) is 1. The van der Waals surface area contributed by atoms with Gasteiger partial charge in [-0.1, -0.05) is 18.2 Å². The summed E-state index contributed by atoms with van der Waals surface area (Å²) in [7, 11) is 0. The molecule has 0 saturated heterocycles. The predicted octanol–water partition coefficient (Wildman–Crippen LogP) is 1.48. The van der Waals surface area contributed by atoms with Crippen molar-refractivity contribution in [3.63, 3.8) is 0 Å². The van der Waals surface area contributed by atoms with Gasteiger partial charge in [-0.05, 0) is 17.7 Å². The Kier molecular flexibility index (Phi) is 3.81. The molecular formula is C12H11NO3. The van der Waals surface area contributed by atoms with Crippen LogP contribution in [0, 0.1) is 17.2 Å². The molecule has 2 atom stereocenters. The fourth-order valence-electron chi connectivity index (χ4n) is 1.33. The first-order valence-corrected chi connectivity index (χ1v) is 4.63. The van der Waals surface area contributed by atoms with E-state index >= 15 is 0 Å². The van der Waals surface area contributed by atoms with Crippen LogP contribution in [0.4, 0.5) is 0 Å². The minimum Gasteiger partial charge on any atom is -0.481 e. The van der Waals surface area contributed by atoms with E-state index in [2.05, 4.69) is 6.58 Å². The van der Waals surface area contributed by atoms with Crippen molar-refractivity contribution in [2.24, 2.45) is 5.92 Å². The highest BCUT2D eigenvalue weighted by Crippen LogP contribution is 2.23. The third kappa shape index (κ3) is 2.47. The van der Waals surface area contributed by atoms with E-state index in [1.54, 1.807) is 0 Å². The van der Waals surface area contributed by atoms with Crippen molar-refractivity contribution in [2.75, 3.05) is 0 Å². The highest BCUT2D eigenvalue weighted by atomic mass is 16.4. The monoisotopic (exact) mass is 217 g/mol. The molecule has 2 N–H and O–H groups in total. The average molecular weight is 217 g/mol. The lowest BCUT2D eigenvalue weighted by molar-refractivity contribution is -0.143. The number of aliphatic hydroxyl groups is 1. The van der Waals surface area contributed by atoms with E-state index in [-0.39, 0.29) is 0 Å². The van der Waals surface area contributed by atoms with Crippen LogP contribution in [0.15, 0.2) is 36.9 Å². The number of aliphatic hydroxyl groups excluding tert-OH is 1. The molecular weight excluding hydrogens is 206 g/mol. The molecule has 0 spiro atoms. The number of rotatable bonds is 4. The van der Waals surface area contributed by atoms with Crippen LogP contribution in [-0.4, -0.2) is 16.2 Å². The summed E-state index contributed by atoms with van der Waals surface area (Å²) in [4.78, 5) is 10.8. The molecule has 16 heavy (non-hydrogen) atoms. The molecule has 0 heterocycles. The van der Waals surface area contributed by atoms with Crippen LogP contribution in [0.25, 0.3) is 0 Å². The molecule has 0 aromatic heterocycles. The van der Waals surface area contributed by atoms with Gasteiger partial charge in [-0.25, -0.2) is 0 Å². The second-order valence-electron chi connectivity index (χ2n) is 3.28. The van der Waals surface area contributed by atoms with Crippen molar-refractivity contribution in [3.8, 4) is 6.07 Å². The Morgan fingerprint density at radius 1 is 1.44 bits per heavy atom. The molecule has 0 fully saturated rings. The van der Waals surface area contributed by atoms with Gasteiger partial charge in [0.1, 0.15) is 5.92 Å². The highest BCUT2D eigenvalue weighted by Gasteiger charge is 2.24. The third-order valence-electron chi connectivity index (χ3n) is 2.26. The molecule has 1 rings (SSSR count). The first-order chi connectivity index (χ1) is 7.60.